The van der Waals surface area contributed by atoms with Crippen LogP contribution in [0.1, 0.15) is 24.2 Å². The summed E-state index contributed by atoms with van der Waals surface area (Å²) in [4.78, 5) is 0. The van der Waals surface area contributed by atoms with Gasteiger partial charge in [-0.05, 0) is 24.6 Å². The van der Waals surface area contributed by atoms with Gasteiger partial charge in [-0.25, -0.2) is 0 Å². The molecule has 1 atom stereocenters. The Morgan fingerprint density at radius 2 is 1.71 bits per heavy atom. The zero-order chi connectivity index (χ0) is 15.4. The summed E-state index contributed by atoms with van der Waals surface area (Å²) < 4.78 is 17.8. The summed E-state index contributed by atoms with van der Waals surface area (Å²) in [7, 11) is 4.83. The molecule has 6 nitrogen and oxygen atoms in total. The van der Waals surface area contributed by atoms with Crippen LogP contribution >= 0.6 is 0 Å². The molecule has 0 aliphatic heterocycles. The Hall–Kier alpha value is -2.21. The Labute approximate surface area is 124 Å². The molecule has 0 saturated heterocycles. The van der Waals surface area contributed by atoms with Crippen LogP contribution in [0.5, 0.6) is 17.2 Å². The van der Waals surface area contributed by atoms with Gasteiger partial charge in [-0.15, -0.1) is 0 Å². The molecule has 21 heavy (non-hydrogen) atoms. The third-order valence-electron chi connectivity index (χ3n) is 3.39. The summed E-state index contributed by atoms with van der Waals surface area (Å²) in [5.41, 5.74) is 8.11. The van der Waals surface area contributed by atoms with Gasteiger partial charge in [0.05, 0.1) is 33.6 Å². The molecule has 2 rings (SSSR count). The van der Waals surface area contributed by atoms with Crippen LogP contribution in [0.25, 0.3) is 0 Å². The molecular formula is C15H21N3O3. The third kappa shape index (κ3) is 2.95. The van der Waals surface area contributed by atoms with Gasteiger partial charge in [-0.3, -0.25) is 4.68 Å². The fourth-order valence-corrected chi connectivity index (χ4v) is 2.27. The van der Waals surface area contributed by atoms with Crippen molar-refractivity contribution in [2.45, 2.75) is 19.5 Å². The van der Waals surface area contributed by atoms with E-state index in [1.807, 2.05) is 29.8 Å². The number of rotatable bonds is 6. The molecule has 0 aliphatic carbocycles. The van der Waals surface area contributed by atoms with E-state index >= 15 is 0 Å². The monoisotopic (exact) mass is 291 g/mol. The topological polar surface area (TPSA) is 71.5 Å². The lowest BCUT2D eigenvalue weighted by Gasteiger charge is -2.17. The van der Waals surface area contributed by atoms with E-state index in [0.29, 0.717) is 23.8 Å². The summed E-state index contributed by atoms with van der Waals surface area (Å²) in [6, 6.07) is 5.20. The first-order valence-electron chi connectivity index (χ1n) is 6.72. The van der Waals surface area contributed by atoms with Crippen LogP contribution in [0, 0.1) is 0 Å². The standard InChI is InChI=1S/C15H21N3O3/c1-5-18-15(13(21-4)9-17-18)14(16)10-6-11(19-2)8-12(7-10)20-3/h6-9,14H,5,16H2,1-4H3. The van der Waals surface area contributed by atoms with Crippen molar-refractivity contribution < 1.29 is 14.2 Å². The number of nitrogens with zero attached hydrogens (tertiary/aromatic N) is 2. The minimum Gasteiger partial charge on any atom is -0.497 e. The van der Waals surface area contributed by atoms with Crippen LogP contribution < -0.4 is 19.9 Å². The van der Waals surface area contributed by atoms with Crippen molar-refractivity contribution in [3.8, 4) is 17.2 Å². The first kappa shape index (κ1) is 15.2. The van der Waals surface area contributed by atoms with E-state index in [2.05, 4.69) is 5.10 Å². The maximum atomic E-state index is 6.41. The van der Waals surface area contributed by atoms with Crippen molar-refractivity contribution >= 4 is 0 Å². The fourth-order valence-electron chi connectivity index (χ4n) is 2.27. The molecule has 0 saturated carbocycles. The Bertz CT molecular complexity index is 566. The molecule has 0 fully saturated rings. The quantitative estimate of drug-likeness (QED) is 0.881. The Kier molecular flexibility index (Phi) is 4.70. The number of benzene rings is 1. The highest BCUT2D eigenvalue weighted by Crippen LogP contribution is 2.32. The van der Waals surface area contributed by atoms with Crippen molar-refractivity contribution in [1.29, 1.82) is 0 Å². The molecule has 0 amide bonds. The highest BCUT2D eigenvalue weighted by molar-refractivity contribution is 5.44. The van der Waals surface area contributed by atoms with Crippen LogP contribution in [0.15, 0.2) is 24.4 Å². The van der Waals surface area contributed by atoms with E-state index in [4.69, 9.17) is 19.9 Å². The van der Waals surface area contributed by atoms with E-state index < -0.39 is 0 Å². The van der Waals surface area contributed by atoms with Gasteiger partial charge in [-0.1, -0.05) is 0 Å². The Morgan fingerprint density at radius 3 is 2.19 bits per heavy atom. The van der Waals surface area contributed by atoms with Crippen molar-refractivity contribution in [3.05, 3.63) is 35.7 Å². The first-order chi connectivity index (χ1) is 10.1. The number of hydrogen-bond donors (Lipinski definition) is 1. The lowest BCUT2D eigenvalue weighted by atomic mass is 10.0. The maximum absolute atomic E-state index is 6.41. The Morgan fingerprint density at radius 1 is 1.10 bits per heavy atom. The average molecular weight is 291 g/mol. The number of hydrogen-bond acceptors (Lipinski definition) is 5. The van der Waals surface area contributed by atoms with Gasteiger partial charge in [0.25, 0.3) is 0 Å². The molecule has 114 valence electrons. The lowest BCUT2D eigenvalue weighted by Crippen LogP contribution is -2.18. The molecule has 0 spiro atoms. The second-order valence-electron chi connectivity index (χ2n) is 4.54. The van der Waals surface area contributed by atoms with Gasteiger partial charge in [0, 0.05) is 12.6 Å². The van der Waals surface area contributed by atoms with Crippen LogP contribution in [0.4, 0.5) is 0 Å². The largest absolute Gasteiger partial charge is 0.497 e. The van der Waals surface area contributed by atoms with Crippen molar-refractivity contribution in [2.24, 2.45) is 5.73 Å². The van der Waals surface area contributed by atoms with E-state index in [1.165, 1.54) is 0 Å². The van der Waals surface area contributed by atoms with Gasteiger partial charge in [0.2, 0.25) is 0 Å². The SMILES string of the molecule is CCn1ncc(OC)c1C(N)c1cc(OC)cc(OC)c1. The molecule has 6 heteroatoms. The molecule has 0 radical (unpaired) electrons. The summed E-state index contributed by atoms with van der Waals surface area (Å²) >= 11 is 0. The van der Waals surface area contributed by atoms with E-state index in [1.54, 1.807) is 27.5 Å². The minimum absolute atomic E-state index is 0.383. The van der Waals surface area contributed by atoms with Crippen molar-refractivity contribution in [1.82, 2.24) is 9.78 Å². The Balaban J connectivity index is 2.48. The molecule has 2 N–H and O–H groups in total. The lowest BCUT2D eigenvalue weighted by molar-refractivity contribution is 0.391. The molecule has 1 heterocycles. The van der Waals surface area contributed by atoms with Crippen LogP contribution in [0.3, 0.4) is 0 Å². The van der Waals surface area contributed by atoms with E-state index in [-0.39, 0.29) is 6.04 Å². The van der Waals surface area contributed by atoms with Crippen molar-refractivity contribution in [3.63, 3.8) is 0 Å². The minimum atomic E-state index is -0.383. The van der Waals surface area contributed by atoms with Gasteiger partial charge in [-0.2, -0.15) is 5.10 Å². The normalized spacial score (nSPS) is 12.0. The highest BCUT2D eigenvalue weighted by Gasteiger charge is 2.21. The first-order valence-corrected chi connectivity index (χ1v) is 6.72. The molecule has 1 aromatic carbocycles. The van der Waals surface area contributed by atoms with E-state index in [0.717, 1.165) is 11.3 Å². The maximum Gasteiger partial charge on any atom is 0.161 e. The van der Waals surface area contributed by atoms with Gasteiger partial charge in [0.1, 0.15) is 17.2 Å². The average Bonchev–Trinajstić information content (AvgIpc) is 2.96. The molecule has 1 unspecified atom stereocenters. The van der Waals surface area contributed by atoms with Crippen LogP contribution in [0.2, 0.25) is 0 Å². The number of aryl methyl sites for hydroxylation is 1. The van der Waals surface area contributed by atoms with Gasteiger partial charge < -0.3 is 19.9 Å². The third-order valence-corrected chi connectivity index (χ3v) is 3.39. The van der Waals surface area contributed by atoms with Crippen LogP contribution in [-0.4, -0.2) is 31.1 Å². The molecule has 2 aromatic rings. The van der Waals surface area contributed by atoms with Crippen LogP contribution in [-0.2, 0) is 6.54 Å². The predicted molar refractivity (Wildman–Crippen MR) is 80.0 cm³/mol. The number of methoxy groups -OCH3 is 3. The summed E-state index contributed by atoms with van der Waals surface area (Å²) in [5, 5.41) is 4.29. The predicted octanol–water partition coefficient (Wildman–Crippen LogP) is 1.98. The summed E-state index contributed by atoms with van der Waals surface area (Å²) in [6.45, 7) is 2.72. The second kappa shape index (κ2) is 6.49. The number of aromatic nitrogens is 2. The van der Waals surface area contributed by atoms with Gasteiger partial charge in [0.15, 0.2) is 5.75 Å². The molecular weight excluding hydrogens is 270 g/mol. The molecule has 1 aromatic heterocycles. The second-order valence-corrected chi connectivity index (χ2v) is 4.54. The van der Waals surface area contributed by atoms with Gasteiger partial charge >= 0.3 is 0 Å². The smallest absolute Gasteiger partial charge is 0.161 e. The molecule has 0 bridgehead atoms. The van der Waals surface area contributed by atoms with E-state index in [9.17, 15) is 0 Å². The molecule has 0 aliphatic rings. The summed E-state index contributed by atoms with van der Waals surface area (Å²) in [6.07, 6.45) is 1.68. The summed E-state index contributed by atoms with van der Waals surface area (Å²) in [5.74, 6) is 2.06. The van der Waals surface area contributed by atoms with Crippen molar-refractivity contribution in [2.75, 3.05) is 21.3 Å². The zero-order valence-electron chi connectivity index (χ0n) is 12.8. The zero-order valence-corrected chi connectivity index (χ0v) is 12.8. The number of nitrogens with two attached hydrogens (primary N) is 1. The number of ether oxygens (including phenoxy) is 3. The highest BCUT2D eigenvalue weighted by atomic mass is 16.5. The fraction of sp³-hybridized carbons (Fsp3) is 0.400.